The lowest BCUT2D eigenvalue weighted by Gasteiger charge is -2.28. The van der Waals surface area contributed by atoms with Crippen LogP contribution in [0, 0.1) is 18.8 Å². The number of rotatable bonds is 1. The minimum Gasteiger partial charge on any atom is -0.338 e. The van der Waals surface area contributed by atoms with Crippen LogP contribution in [0.1, 0.15) is 34.6 Å². The molecule has 1 aliphatic heterocycles. The number of allylic oxidation sites excluding steroid dienone is 1. The van der Waals surface area contributed by atoms with Gasteiger partial charge in [-0.05, 0) is 62.1 Å². The molecule has 140 valence electrons. The van der Waals surface area contributed by atoms with E-state index < -0.39 is 0 Å². The van der Waals surface area contributed by atoms with Gasteiger partial charge in [0, 0.05) is 31.4 Å². The third kappa shape index (κ3) is 3.79. The quantitative estimate of drug-likeness (QED) is 0.617. The Bertz CT molecular complexity index is 1120. The molecule has 0 atom stereocenters. The predicted octanol–water partition coefficient (Wildman–Crippen LogP) is 2.89. The molecule has 0 N–H and O–H groups in total. The lowest BCUT2D eigenvalue weighted by Crippen LogP contribution is -2.36. The maximum atomic E-state index is 12.8. The monoisotopic (exact) mass is 371 g/mol. The summed E-state index contributed by atoms with van der Waals surface area (Å²) in [4.78, 5) is 19.1. The number of nitrogens with zero attached hydrogens (tertiary/aromatic N) is 5. The summed E-state index contributed by atoms with van der Waals surface area (Å²) >= 11 is 0. The van der Waals surface area contributed by atoms with Crippen LogP contribution in [0.25, 0.3) is 11.0 Å². The Kier molecular flexibility index (Phi) is 4.90. The molecule has 1 aliphatic rings. The van der Waals surface area contributed by atoms with Crippen molar-refractivity contribution in [2.45, 2.75) is 19.8 Å². The Balaban J connectivity index is 1.40. The molecule has 6 nitrogen and oxygen atoms in total. The highest BCUT2D eigenvalue weighted by Gasteiger charge is 2.20. The lowest BCUT2D eigenvalue weighted by atomic mass is 10.0. The first-order chi connectivity index (χ1) is 13.6. The van der Waals surface area contributed by atoms with Gasteiger partial charge in [-0.3, -0.25) is 4.79 Å². The van der Waals surface area contributed by atoms with Crippen molar-refractivity contribution in [2.24, 2.45) is 7.05 Å². The highest BCUT2D eigenvalue weighted by molar-refractivity contribution is 5.97. The van der Waals surface area contributed by atoms with Crippen molar-refractivity contribution in [3.63, 3.8) is 0 Å². The fourth-order valence-electron chi connectivity index (χ4n) is 3.32. The number of carbonyl (C=O) groups is 1. The maximum Gasteiger partial charge on any atom is 0.253 e. The number of likely N-dealkylation sites (tertiary alicyclic amines) is 1. The van der Waals surface area contributed by atoms with Gasteiger partial charge in [0.15, 0.2) is 0 Å². The molecule has 0 radical (unpaired) electrons. The normalized spacial score (nSPS) is 13.9. The van der Waals surface area contributed by atoms with Gasteiger partial charge >= 0.3 is 0 Å². The number of fused-ring (bicyclic) bond motifs is 1. The zero-order valence-electron chi connectivity index (χ0n) is 16.0. The van der Waals surface area contributed by atoms with Gasteiger partial charge in [0.05, 0.1) is 5.52 Å². The largest absolute Gasteiger partial charge is 0.338 e. The van der Waals surface area contributed by atoms with Crippen molar-refractivity contribution in [2.75, 3.05) is 13.1 Å². The summed E-state index contributed by atoms with van der Waals surface area (Å²) in [5.74, 6) is 6.22. The number of aryl methyl sites for hydroxylation is 2. The molecule has 0 bridgehead atoms. The Hall–Kier alpha value is -3.46. The molecule has 0 aliphatic carbocycles. The van der Waals surface area contributed by atoms with Crippen molar-refractivity contribution >= 4 is 16.9 Å². The third-order valence-corrected chi connectivity index (χ3v) is 4.92. The molecule has 1 saturated heterocycles. The van der Waals surface area contributed by atoms with Gasteiger partial charge in [0.25, 0.3) is 5.91 Å². The van der Waals surface area contributed by atoms with E-state index in [4.69, 9.17) is 0 Å². The van der Waals surface area contributed by atoms with Crippen LogP contribution in [0.3, 0.4) is 0 Å². The van der Waals surface area contributed by atoms with E-state index in [-0.39, 0.29) is 5.91 Å². The Labute approximate surface area is 163 Å². The summed E-state index contributed by atoms with van der Waals surface area (Å²) in [5.41, 5.74) is 5.34. The minimum atomic E-state index is 0.0432. The van der Waals surface area contributed by atoms with Crippen LogP contribution >= 0.6 is 0 Å². The zero-order valence-corrected chi connectivity index (χ0v) is 16.0. The van der Waals surface area contributed by atoms with Crippen LogP contribution < -0.4 is 0 Å². The van der Waals surface area contributed by atoms with Gasteiger partial charge in [0.1, 0.15) is 11.2 Å². The second kappa shape index (κ2) is 7.65. The molecule has 0 spiro atoms. The van der Waals surface area contributed by atoms with E-state index in [1.807, 2.05) is 61.3 Å². The number of piperidine rings is 1. The number of amides is 1. The number of carbonyl (C=O) groups excluding carboxylic acids is 1. The number of benzene rings is 1. The molecular formula is C22H21N5O. The van der Waals surface area contributed by atoms with Gasteiger partial charge in [-0.1, -0.05) is 22.8 Å². The first-order valence-electron chi connectivity index (χ1n) is 9.32. The first-order valence-corrected chi connectivity index (χ1v) is 9.32. The van der Waals surface area contributed by atoms with E-state index in [1.165, 1.54) is 5.57 Å². The molecular weight excluding hydrogens is 350 g/mol. The average Bonchev–Trinajstić information content (AvgIpc) is 3.08. The van der Waals surface area contributed by atoms with Crippen molar-refractivity contribution in [1.82, 2.24) is 24.9 Å². The standard InChI is InChI=1S/C22H21N5O/c1-16-5-3-7-19(23-16)8-4-6-17-11-13-27(14-12-17)22(28)18-9-10-21-20(15-18)24-25-26(21)2/h3,5-7,9-10,15H,11-14H2,1-2H3. The van der Waals surface area contributed by atoms with E-state index >= 15 is 0 Å². The van der Waals surface area contributed by atoms with E-state index in [1.54, 1.807) is 4.68 Å². The third-order valence-electron chi connectivity index (χ3n) is 4.92. The minimum absolute atomic E-state index is 0.0432. The predicted molar refractivity (Wildman–Crippen MR) is 108 cm³/mol. The molecule has 0 saturated carbocycles. The number of hydrogen-bond acceptors (Lipinski definition) is 4. The number of pyridine rings is 1. The summed E-state index contributed by atoms with van der Waals surface area (Å²) in [6, 6.07) is 11.4. The molecule has 3 heterocycles. The topological polar surface area (TPSA) is 63.9 Å². The van der Waals surface area contributed by atoms with E-state index in [0.717, 1.165) is 35.3 Å². The fraction of sp³-hybridized carbons (Fsp3) is 0.273. The van der Waals surface area contributed by atoms with Crippen LogP contribution in [0.5, 0.6) is 0 Å². The van der Waals surface area contributed by atoms with Gasteiger partial charge in [-0.2, -0.15) is 0 Å². The zero-order chi connectivity index (χ0) is 19.5. The molecule has 4 rings (SSSR count). The smallest absolute Gasteiger partial charge is 0.253 e. The molecule has 28 heavy (non-hydrogen) atoms. The van der Waals surface area contributed by atoms with Crippen LogP contribution in [-0.2, 0) is 7.05 Å². The SMILES string of the molecule is Cc1cccc(C#CC=C2CCN(C(=O)c3ccc4c(c3)nnn4C)CC2)n1. The van der Waals surface area contributed by atoms with E-state index in [0.29, 0.717) is 18.7 Å². The van der Waals surface area contributed by atoms with Crippen LogP contribution in [0.4, 0.5) is 0 Å². The van der Waals surface area contributed by atoms with E-state index in [2.05, 4.69) is 27.1 Å². The highest BCUT2D eigenvalue weighted by atomic mass is 16.2. The Morgan fingerprint density at radius 1 is 1.18 bits per heavy atom. The second-order valence-corrected chi connectivity index (χ2v) is 6.94. The van der Waals surface area contributed by atoms with E-state index in [9.17, 15) is 4.79 Å². The van der Waals surface area contributed by atoms with Crippen molar-refractivity contribution in [3.05, 3.63) is 65.0 Å². The molecule has 0 unspecified atom stereocenters. The van der Waals surface area contributed by atoms with Crippen molar-refractivity contribution in [1.29, 1.82) is 0 Å². The average molecular weight is 371 g/mol. The summed E-state index contributed by atoms with van der Waals surface area (Å²) in [7, 11) is 1.84. The maximum absolute atomic E-state index is 12.8. The van der Waals surface area contributed by atoms with Gasteiger partial charge in [-0.25, -0.2) is 9.67 Å². The number of aromatic nitrogens is 4. The molecule has 1 amide bonds. The summed E-state index contributed by atoms with van der Waals surface area (Å²) in [6.45, 7) is 3.36. The molecule has 1 aromatic carbocycles. The van der Waals surface area contributed by atoms with Gasteiger partial charge in [0.2, 0.25) is 0 Å². The van der Waals surface area contributed by atoms with Crippen molar-refractivity contribution in [3.8, 4) is 11.8 Å². The van der Waals surface area contributed by atoms with Gasteiger partial charge in [-0.15, -0.1) is 5.10 Å². The molecule has 6 heteroatoms. The first kappa shape index (κ1) is 17.9. The summed E-state index contributed by atoms with van der Waals surface area (Å²) in [5, 5.41) is 8.09. The van der Waals surface area contributed by atoms with Crippen LogP contribution in [0.2, 0.25) is 0 Å². The van der Waals surface area contributed by atoms with Crippen LogP contribution in [0.15, 0.2) is 48.0 Å². The molecule has 2 aromatic heterocycles. The van der Waals surface area contributed by atoms with Crippen LogP contribution in [-0.4, -0.2) is 43.9 Å². The lowest BCUT2D eigenvalue weighted by molar-refractivity contribution is 0.0744. The molecule has 1 fully saturated rings. The Morgan fingerprint density at radius 3 is 2.79 bits per heavy atom. The fourth-order valence-corrected chi connectivity index (χ4v) is 3.32. The second-order valence-electron chi connectivity index (χ2n) is 6.94. The number of hydrogen-bond donors (Lipinski definition) is 0. The van der Waals surface area contributed by atoms with Gasteiger partial charge < -0.3 is 4.90 Å². The summed E-state index contributed by atoms with van der Waals surface area (Å²) in [6.07, 6.45) is 3.65. The highest BCUT2D eigenvalue weighted by Crippen LogP contribution is 2.20. The molecule has 3 aromatic rings. The Morgan fingerprint density at radius 2 is 2.00 bits per heavy atom. The van der Waals surface area contributed by atoms with Crippen molar-refractivity contribution < 1.29 is 4.79 Å². The summed E-state index contributed by atoms with van der Waals surface area (Å²) < 4.78 is 1.70.